The van der Waals surface area contributed by atoms with Crippen molar-refractivity contribution in [2.45, 2.75) is 30.8 Å². The van der Waals surface area contributed by atoms with Gasteiger partial charge in [-0.05, 0) is 37.5 Å². The van der Waals surface area contributed by atoms with Crippen LogP contribution in [0.1, 0.15) is 29.4 Å². The van der Waals surface area contributed by atoms with E-state index in [-0.39, 0.29) is 29.6 Å². The van der Waals surface area contributed by atoms with E-state index in [4.69, 9.17) is 9.47 Å². The largest absolute Gasteiger partial charge is 0.448 e. The number of amides is 1. The Kier molecular flexibility index (Phi) is 6.12. The molecule has 4 rings (SSSR count). The standard InChI is InChI=1S/C21H25N3O6S/c1-15(20(25)24-8-4-6-16-5-2-3-7-19(16)24)30-21(26)18-13-17(14-22-18)31(27,28)23-9-11-29-12-10-23/h2-3,5,7,13-15,22H,4,6,8-12H2,1H3. The lowest BCUT2D eigenvalue weighted by molar-refractivity contribution is -0.126. The molecule has 3 heterocycles. The van der Waals surface area contributed by atoms with Gasteiger partial charge >= 0.3 is 5.97 Å². The zero-order chi connectivity index (χ0) is 22.0. The molecule has 1 saturated heterocycles. The second-order valence-electron chi connectivity index (χ2n) is 7.54. The first-order chi connectivity index (χ1) is 14.9. The maximum Gasteiger partial charge on any atom is 0.355 e. The van der Waals surface area contributed by atoms with Crippen LogP contribution in [0.3, 0.4) is 0 Å². The van der Waals surface area contributed by atoms with Crippen LogP contribution in [0.4, 0.5) is 5.69 Å². The Morgan fingerprint density at radius 2 is 1.90 bits per heavy atom. The van der Waals surface area contributed by atoms with Crippen LogP contribution < -0.4 is 4.90 Å². The number of carbonyl (C=O) groups is 2. The molecular formula is C21H25N3O6S. The minimum absolute atomic E-state index is 0.0227. The first-order valence-corrected chi connectivity index (χ1v) is 11.7. The molecular weight excluding hydrogens is 422 g/mol. The maximum absolute atomic E-state index is 12.9. The number of anilines is 1. The van der Waals surface area contributed by atoms with Gasteiger partial charge < -0.3 is 19.4 Å². The third-order valence-corrected chi connectivity index (χ3v) is 7.37. The number of morpholine rings is 1. The minimum atomic E-state index is -3.73. The highest BCUT2D eigenvalue weighted by molar-refractivity contribution is 7.89. The van der Waals surface area contributed by atoms with Crippen molar-refractivity contribution in [2.75, 3.05) is 37.7 Å². The predicted octanol–water partition coefficient (Wildman–Crippen LogP) is 1.56. The fourth-order valence-corrected chi connectivity index (χ4v) is 5.24. The van der Waals surface area contributed by atoms with E-state index in [1.165, 1.54) is 23.5 Å². The van der Waals surface area contributed by atoms with Gasteiger partial charge in [0.1, 0.15) is 10.6 Å². The summed E-state index contributed by atoms with van der Waals surface area (Å²) in [6.07, 6.45) is 1.98. The smallest absolute Gasteiger partial charge is 0.355 e. The van der Waals surface area contributed by atoms with Crippen molar-refractivity contribution in [3.63, 3.8) is 0 Å². The summed E-state index contributed by atoms with van der Waals surface area (Å²) in [6.45, 7) is 3.26. The van der Waals surface area contributed by atoms with Gasteiger partial charge in [0.2, 0.25) is 10.0 Å². The van der Waals surface area contributed by atoms with Crippen molar-refractivity contribution in [3.05, 3.63) is 47.8 Å². The number of fused-ring (bicyclic) bond motifs is 1. The number of aromatic nitrogens is 1. The van der Waals surface area contributed by atoms with Crippen LogP contribution in [0, 0.1) is 0 Å². The molecule has 1 aromatic carbocycles. The van der Waals surface area contributed by atoms with Gasteiger partial charge in [-0.1, -0.05) is 18.2 Å². The van der Waals surface area contributed by atoms with Gasteiger partial charge in [-0.2, -0.15) is 4.31 Å². The lowest BCUT2D eigenvalue weighted by Crippen LogP contribution is -2.42. The molecule has 0 bridgehead atoms. The summed E-state index contributed by atoms with van der Waals surface area (Å²) in [6, 6.07) is 8.91. The number of carbonyl (C=O) groups excluding carboxylic acids is 2. The summed E-state index contributed by atoms with van der Waals surface area (Å²) < 4.78 is 37.3. The van der Waals surface area contributed by atoms with Crippen molar-refractivity contribution in [3.8, 4) is 0 Å². The van der Waals surface area contributed by atoms with Crippen molar-refractivity contribution in [2.24, 2.45) is 0 Å². The highest BCUT2D eigenvalue weighted by Crippen LogP contribution is 2.27. The van der Waals surface area contributed by atoms with Crippen molar-refractivity contribution < 1.29 is 27.5 Å². The lowest BCUT2D eigenvalue weighted by atomic mass is 10.0. The number of esters is 1. The number of rotatable bonds is 5. The van der Waals surface area contributed by atoms with Crippen molar-refractivity contribution in [1.29, 1.82) is 0 Å². The Labute approximate surface area is 181 Å². The molecule has 10 heteroatoms. The molecule has 31 heavy (non-hydrogen) atoms. The number of sulfonamides is 1. The molecule has 1 N–H and O–H groups in total. The van der Waals surface area contributed by atoms with E-state index in [1.807, 2.05) is 24.3 Å². The number of aromatic amines is 1. The molecule has 2 aliphatic heterocycles. The Bertz CT molecular complexity index is 1070. The molecule has 1 aromatic heterocycles. The second kappa shape index (κ2) is 8.81. The van der Waals surface area contributed by atoms with E-state index in [0.29, 0.717) is 19.8 Å². The highest BCUT2D eigenvalue weighted by Gasteiger charge is 2.31. The van der Waals surface area contributed by atoms with Crippen molar-refractivity contribution in [1.82, 2.24) is 9.29 Å². The summed E-state index contributed by atoms with van der Waals surface area (Å²) >= 11 is 0. The summed E-state index contributed by atoms with van der Waals surface area (Å²) in [5, 5.41) is 0. The molecule has 1 fully saturated rings. The van der Waals surface area contributed by atoms with Gasteiger partial charge in [0.25, 0.3) is 5.91 Å². The Hall–Kier alpha value is -2.69. The number of nitrogens with zero attached hydrogens (tertiary/aromatic N) is 2. The summed E-state index contributed by atoms with van der Waals surface area (Å²) in [7, 11) is -3.73. The number of hydrogen-bond donors (Lipinski definition) is 1. The Morgan fingerprint density at radius 3 is 2.68 bits per heavy atom. The first-order valence-electron chi connectivity index (χ1n) is 10.2. The Balaban J connectivity index is 1.44. The molecule has 0 aliphatic carbocycles. The molecule has 9 nitrogen and oxygen atoms in total. The molecule has 1 amide bonds. The lowest BCUT2D eigenvalue weighted by Gasteiger charge is -2.31. The van der Waals surface area contributed by atoms with Gasteiger partial charge in [-0.15, -0.1) is 0 Å². The van der Waals surface area contributed by atoms with Gasteiger partial charge in [0, 0.05) is 31.5 Å². The van der Waals surface area contributed by atoms with E-state index >= 15 is 0 Å². The quantitative estimate of drug-likeness (QED) is 0.697. The molecule has 1 unspecified atom stereocenters. The third-order valence-electron chi connectivity index (χ3n) is 5.49. The maximum atomic E-state index is 12.9. The van der Waals surface area contributed by atoms with Crippen LogP contribution in [0.25, 0.3) is 0 Å². The average molecular weight is 448 g/mol. The fourth-order valence-electron chi connectivity index (χ4n) is 3.83. The third kappa shape index (κ3) is 4.36. The number of H-pyrrole nitrogens is 1. The fraction of sp³-hybridized carbons (Fsp3) is 0.429. The zero-order valence-corrected chi connectivity index (χ0v) is 18.1. The number of para-hydroxylation sites is 1. The van der Waals surface area contributed by atoms with Gasteiger partial charge in [-0.3, -0.25) is 4.79 Å². The zero-order valence-electron chi connectivity index (χ0n) is 17.2. The summed E-state index contributed by atoms with van der Waals surface area (Å²) in [5.74, 6) is -1.09. The molecule has 2 aromatic rings. The monoisotopic (exact) mass is 447 g/mol. The van der Waals surface area contributed by atoms with E-state index in [2.05, 4.69) is 4.98 Å². The second-order valence-corrected chi connectivity index (χ2v) is 9.47. The highest BCUT2D eigenvalue weighted by atomic mass is 32.2. The predicted molar refractivity (Wildman–Crippen MR) is 112 cm³/mol. The molecule has 166 valence electrons. The average Bonchev–Trinajstić information content (AvgIpc) is 3.30. The molecule has 1 atom stereocenters. The van der Waals surface area contributed by atoms with Crippen LogP contribution in [0.5, 0.6) is 0 Å². The van der Waals surface area contributed by atoms with E-state index in [9.17, 15) is 18.0 Å². The first kappa shape index (κ1) is 21.5. The van der Waals surface area contributed by atoms with Gasteiger partial charge in [0.15, 0.2) is 6.10 Å². The topological polar surface area (TPSA) is 109 Å². The SMILES string of the molecule is CC(OC(=O)c1cc(S(=O)(=O)N2CCOCC2)c[nH]1)C(=O)N1CCCc2ccccc21. The molecule has 2 aliphatic rings. The van der Waals surface area contributed by atoms with E-state index in [0.717, 1.165) is 24.1 Å². The van der Waals surface area contributed by atoms with Gasteiger partial charge in [0.05, 0.1) is 13.2 Å². The van der Waals surface area contributed by atoms with Crippen LogP contribution in [0.2, 0.25) is 0 Å². The minimum Gasteiger partial charge on any atom is -0.448 e. The van der Waals surface area contributed by atoms with Gasteiger partial charge in [-0.25, -0.2) is 13.2 Å². The molecule has 0 saturated carbocycles. The number of benzene rings is 1. The molecule has 0 radical (unpaired) electrons. The van der Waals surface area contributed by atoms with E-state index < -0.39 is 22.1 Å². The van der Waals surface area contributed by atoms with Crippen LogP contribution in [0.15, 0.2) is 41.4 Å². The summed E-state index contributed by atoms with van der Waals surface area (Å²) in [5.41, 5.74) is 1.90. The number of ether oxygens (including phenoxy) is 2. The van der Waals surface area contributed by atoms with Crippen LogP contribution in [-0.4, -0.2) is 68.5 Å². The molecule has 0 spiro atoms. The summed E-state index contributed by atoms with van der Waals surface area (Å²) in [4.78, 5) is 29.7. The van der Waals surface area contributed by atoms with E-state index in [1.54, 1.807) is 4.90 Å². The number of hydrogen-bond acceptors (Lipinski definition) is 6. The van der Waals surface area contributed by atoms with Crippen molar-refractivity contribution >= 4 is 27.6 Å². The van der Waals surface area contributed by atoms with Crippen LogP contribution >= 0.6 is 0 Å². The Morgan fingerprint density at radius 1 is 1.16 bits per heavy atom. The number of nitrogens with one attached hydrogen (secondary N) is 1. The number of aryl methyl sites for hydroxylation is 1. The normalized spacial score (nSPS) is 18.3. The van der Waals surface area contributed by atoms with Crippen LogP contribution in [-0.2, 0) is 30.7 Å².